The lowest BCUT2D eigenvalue weighted by Crippen LogP contribution is -2.34. The van der Waals surface area contributed by atoms with Gasteiger partial charge in [-0.1, -0.05) is 39.0 Å². The Hall–Kier alpha value is -3.68. The first-order chi connectivity index (χ1) is 14.7. The van der Waals surface area contributed by atoms with E-state index in [9.17, 15) is 14.7 Å². The molecule has 31 heavy (non-hydrogen) atoms. The fraction of sp³-hybridized carbons (Fsp3) is 0.261. The minimum absolute atomic E-state index is 0.00878. The summed E-state index contributed by atoms with van der Waals surface area (Å²) in [6, 6.07) is 5.43. The van der Waals surface area contributed by atoms with Crippen LogP contribution in [0.2, 0.25) is 0 Å². The molecule has 158 valence electrons. The number of hydrogen-bond donors (Lipinski definition) is 2. The van der Waals surface area contributed by atoms with Gasteiger partial charge in [0.05, 0.1) is 6.20 Å². The Morgan fingerprint density at radius 2 is 2.13 bits per heavy atom. The van der Waals surface area contributed by atoms with Crippen molar-refractivity contribution in [3.63, 3.8) is 0 Å². The molecule has 1 unspecified atom stereocenters. The maximum absolute atomic E-state index is 15.4. The van der Waals surface area contributed by atoms with Crippen molar-refractivity contribution < 1.29 is 18.7 Å². The fourth-order valence-electron chi connectivity index (χ4n) is 4.42. The number of carboxylic acids is 1. The third kappa shape index (κ3) is 2.74. The van der Waals surface area contributed by atoms with Crippen molar-refractivity contribution in [3.8, 4) is 22.6 Å². The van der Waals surface area contributed by atoms with Crippen LogP contribution in [-0.2, 0) is 6.42 Å². The molecule has 0 bridgehead atoms. The van der Waals surface area contributed by atoms with Crippen molar-refractivity contribution in [3.05, 3.63) is 64.0 Å². The fourth-order valence-corrected chi connectivity index (χ4v) is 4.42. The molecule has 3 aromatic heterocycles. The number of furan rings is 1. The predicted octanol–water partition coefficient (Wildman–Crippen LogP) is 4.63. The number of benzene rings is 1. The molecule has 4 heterocycles. The number of aromatic amines is 1. The van der Waals surface area contributed by atoms with E-state index in [1.54, 1.807) is 17.0 Å². The maximum Gasteiger partial charge on any atom is 0.341 e. The number of carbonyl (C=O) groups is 1. The van der Waals surface area contributed by atoms with E-state index >= 15 is 4.39 Å². The molecule has 1 aliphatic rings. The average molecular weight is 421 g/mol. The van der Waals surface area contributed by atoms with E-state index in [1.165, 1.54) is 6.20 Å². The van der Waals surface area contributed by atoms with E-state index < -0.39 is 22.8 Å². The Morgan fingerprint density at radius 3 is 2.77 bits per heavy atom. The van der Waals surface area contributed by atoms with Crippen molar-refractivity contribution in [2.24, 2.45) is 5.41 Å². The van der Waals surface area contributed by atoms with Crippen LogP contribution in [0.25, 0.3) is 33.6 Å². The van der Waals surface area contributed by atoms with Crippen LogP contribution in [0.15, 0.2) is 46.0 Å². The number of carboxylic acid groups (broad SMARTS) is 1. The molecule has 2 N–H and O–H groups in total. The van der Waals surface area contributed by atoms with Crippen molar-refractivity contribution in [2.75, 3.05) is 0 Å². The second-order valence-electron chi connectivity index (χ2n) is 8.91. The maximum atomic E-state index is 15.4. The highest BCUT2D eigenvalue weighted by Crippen LogP contribution is 2.48. The first kappa shape index (κ1) is 19.3. The van der Waals surface area contributed by atoms with Crippen LogP contribution >= 0.6 is 0 Å². The number of rotatable bonds is 2. The number of nitrogens with one attached hydrogen (secondary N) is 1. The van der Waals surface area contributed by atoms with E-state index in [2.05, 4.69) is 10.2 Å². The normalized spacial score (nSPS) is 15.7. The summed E-state index contributed by atoms with van der Waals surface area (Å²) < 4.78 is 23.1. The number of aromatic nitrogens is 3. The molecule has 0 saturated heterocycles. The number of para-hydroxylation sites is 1. The highest BCUT2D eigenvalue weighted by atomic mass is 19.1. The molecule has 0 fully saturated rings. The van der Waals surface area contributed by atoms with Gasteiger partial charge in [-0.3, -0.25) is 9.89 Å². The quantitative estimate of drug-likeness (QED) is 0.491. The molecule has 7 nitrogen and oxygen atoms in total. The van der Waals surface area contributed by atoms with Crippen molar-refractivity contribution in [1.29, 1.82) is 0 Å². The zero-order chi connectivity index (χ0) is 22.1. The Morgan fingerprint density at radius 1 is 1.35 bits per heavy atom. The zero-order valence-electron chi connectivity index (χ0n) is 17.2. The summed E-state index contributed by atoms with van der Waals surface area (Å²) in [5.74, 6) is -2.30. The van der Waals surface area contributed by atoms with Gasteiger partial charge in [-0.25, -0.2) is 9.18 Å². The van der Waals surface area contributed by atoms with Crippen LogP contribution in [-0.4, -0.2) is 25.8 Å². The molecular formula is C23H20FN3O4. The third-order valence-corrected chi connectivity index (χ3v) is 5.98. The lowest BCUT2D eigenvalue weighted by atomic mass is 9.79. The molecule has 1 aliphatic heterocycles. The average Bonchev–Trinajstić information content (AvgIpc) is 3.36. The molecule has 0 amide bonds. The first-order valence-electron chi connectivity index (χ1n) is 9.90. The third-order valence-electron chi connectivity index (χ3n) is 5.98. The highest BCUT2D eigenvalue weighted by molar-refractivity contribution is 5.98. The summed E-state index contributed by atoms with van der Waals surface area (Å²) >= 11 is 0. The summed E-state index contributed by atoms with van der Waals surface area (Å²) in [7, 11) is 0. The Kier molecular flexibility index (Phi) is 3.99. The van der Waals surface area contributed by atoms with E-state index in [-0.39, 0.29) is 22.9 Å². The van der Waals surface area contributed by atoms with Crippen LogP contribution in [0, 0.1) is 11.2 Å². The number of H-pyrrole nitrogens is 1. The zero-order valence-corrected chi connectivity index (χ0v) is 17.2. The van der Waals surface area contributed by atoms with E-state index in [0.717, 1.165) is 22.1 Å². The molecule has 5 rings (SSSR count). The summed E-state index contributed by atoms with van der Waals surface area (Å²) in [4.78, 5) is 24.1. The van der Waals surface area contributed by atoms with E-state index in [0.29, 0.717) is 12.0 Å². The van der Waals surface area contributed by atoms with Crippen LogP contribution in [0.1, 0.15) is 42.7 Å². The first-order valence-corrected chi connectivity index (χ1v) is 9.90. The van der Waals surface area contributed by atoms with Crippen molar-refractivity contribution >= 4 is 16.9 Å². The Balaban J connectivity index is 1.88. The number of aromatic carboxylic acids is 1. The molecule has 8 heteroatoms. The molecule has 0 saturated carbocycles. The number of halogens is 1. The number of pyridine rings is 1. The smallest absolute Gasteiger partial charge is 0.341 e. The number of fused-ring (bicyclic) bond motifs is 5. The second kappa shape index (κ2) is 6.41. The van der Waals surface area contributed by atoms with E-state index in [1.807, 2.05) is 39.0 Å². The van der Waals surface area contributed by atoms with Crippen LogP contribution in [0.4, 0.5) is 4.39 Å². The highest BCUT2D eigenvalue weighted by Gasteiger charge is 2.38. The monoisotopic (exact) mass is 421 g/mol. The summed E-state index contributed by atoms with van der Waals surface area (Å²) in [5.41, 5.74) is 0.919. The molecule has 0 radical (unpaired) electrons. The summed E-state index contributed by atoms with van der Waals surface area (Å²) in [5, 5.41) is 17.0. The standard InChI is InChI=1S/C23H20FN3O4/c1-23(2,3)16-7-14-13-6-4-5-12(11-8-25-26-9-11)20(13)31-21(14)18-17(24)19(28)15(22(29)30)10-27(16)18/h4-6,8-10,16H,7H2,1-3H3,(H,25,26)(H,29,30). The molecule has 4 aromatic rings. The number of nitrogens with zero attached hydrogens (tertiary/aromatic N) is 2. The van der Waals surface area contributed by atoms with Gasteiger partial charge in [0.25, 0.3) is 0 Å². The number of hydrogen-bond acceptors (Lipinski definition) is 4. The van der Waals surface area contributed by atoms with Gasteiger partial charge in [0, 0.05) is 40.5 Å². The van der Waals surface area contributed by atoms with Gasteiger partial charge in [-0.05, 0) is 11.8 Å². The van der Waals surface area contributed by atoms with Gasteiger partial charge in [0.1, 0.15) is 16.8 Å². The minimum Gasteiger partial charge on any atom is -0.477 e. The van der Waals surface area contributed by atoms with Crippen molar-refractivity contribution in [2.45, 2.75) is 33.2 Å². The van der Waals surface area contributed by atoms with Crippen LogP contribution < -0.4 is 5.43 Å². The largest absolute Gasteiger partial charge is 0.477 e. The molecule has 0 spiro atoms. The van der Waals surface area contributed by atoms with Gasteiger partial charge in [-0.2, -0.15) is 5.10 Å². The van der Waals surface area contributed by atoms with Gasteiger partial charge < -0.3 is 14.1 Å². The van der Waals surface area contributed by atoms with Gasteiger partial charge in [0.2, 0.25) is 5.43 Å². The van der Waals surface area contributed by atoms with Gasteiger partial charge in [-0.15, -0.1) is 0 Å². The minimum atomic E-state index is -1.45. The summed E-state index contributed by atoms with van der Waals surface area (Å²) in [6.45, 7) is 6.01. The lowest BCUT2D eigenvalue weighted by Gasteiger charge is -2.37. The van der Waals surface area contributed by atoms with Crippen LogP contribution in [0.3, 0.4) is 0 Å². The Labute approximate surface area is 176 Å². The second-order valence-corrected chi connectivity index (χ2v) is 8.91. The Bertz CT molecular complexity index is 1410. The predicted molar refractivity (Wildman–Crippen MR) is 113 cm³/mol. The molecular weight excluding hydrogens is 401 g/mol. The van der Waals surface area contributed by atoms with E-state index in [4.69, 9.17) is 4.42 Å². The lowest BCUT2D eigenvalue weighted by molar-refractivity contribution is 0.0692. The van der Waals surface area contributed by atoms with Crippen LogP contribution in [0.5, 0.6) is 0 Å². The SMILES string of the molecule is CC(C)(C)C1Cc2c(oc3c(-c4cn[nH]c4)cccc23)-c2c(F)c(=O)c(C(=O)O)cn21. The topological polar surface area (TPSA) is 101 Å². The molecule has 1 atom stereocenters. The van der Waals surface area contributed by atoms with Gasteiger partial charge in [0.15, 0.2) is 11.6 Å². The molecule has 0 aliphatic carbocycles. The van der Waals surface area contributed by atoms with Gasteiger partial charge >= 0.3 is 5.97 Å². The van der Waals surface area contributed by atoms with Crippen molar-refractivity contribution in [1.82, 2.24) is 14.8 Å². The summed E-state index contributed by atoms with van der Waals surface area (Å²) in [6.07, 6.45) is 5.17. The molecule has 1 aromatic carbocycles.